The Hall–Kier alpha value is -0.580. The zero-order valence-corrected chi connectivity index (χ0v) is 9.83. The summed E-state index contributed by atoms with van der Waals surface area (Å²) in [6.07, 6.45) is 0. The first kappa shape index (κ1) is 12.4. The Morgan fingerprint density at radius 3 is 2.62 bits per heavy atom. The Bertz CT molecular complexity index is 314. The molecule has 0 fully saturated rings. The zero-order chi connectivity index (χ0) is 9.14. The van der Waals surface area contributed by atoms with Crippen molar-refractivity contribution in [3.8, 4) is 5.88 Å². The number of pyridine rings is 1. The number of rotatable bonds is 2. The number of hydrogen-bond acceptors (Lipinski definition) is 4. The van der Waals surface area contributed by atoms with E-state index in [1.54, 1.807) is 6.92 Å². The molecule has 5 heteroatoms. The van der Waals surface area contributed by atoms with Crippen molar-refractivity contribution < 1.29 is 44.2 Å². The second-order valence-corrected chi connectivity index (χ2v) is 2.33. The predicted molar refractivity (Wildman–Crippen MR) is 39.9 cm³/mol. The summed E-state index contributed by atoms with van der Waals surface area (Å²) in [5.41, 5.74) is 0.674. The van der Waals surface area contributed by atoms with E-state index in [9.17, 15) is 9.90 Å². The number of aryl methyl sites for hydroxylation is 1. The summed E-state index contributed by atoms with van der Waals surface area (Å²) in [5.74, 6) is -0.937. The molecule has 0 saturated carbocycles. The van der Waals surface area contributed by atoms with Gasteiger partial charge in [-0.15, -0.1) is 0 Å². The Labute approximate surface area is 98.2 Å². The number of methoxy groups -OCH3 is 1. The molecule has 1 aromatic rings. The maximum atomic E-state index is 10.4. The van der Waals surface area contributed by atoms with Gasteiger partial charge in [0.15, 0.2) is 0 Å². The summed E-state index contributed by atoms with van der Waals surface area (Å²) in [4.78, 5) is 14.3. The molecule has 0 atom stereocenters. The molecule has 1 rings (SSSR count). The molecule has 1 heterocycles. The molecule has 0 aliphatic heterocycles. The van der Waals surface area contributed by atoms with Gasteiger partial charge in [0.05, 0.1) is 13.1 Å². The number of aromatic nitrogens is 1. The molecule has 4 nitrogen and oxygen atoms in total. The number of aromatic carboxylic acids is 1. The van der Waals surface area contributed by atoms with E-state index >= 15 is 0 Å². The van der Waals surface area contributed by atoms with Crippen LogP contribution in [0.25, 0.3) is 0 Å². The Morgan fingerprint density at radius 1 is 1.54 bits per heavy atom. The van der Waals surface area contributed by atoms with Gasteiger partial charge in [0.1, 0.15) is 0 Å². The van der Waals surface area contributed by atoms with Gasteiger partial charge in [-0.2, -0.15) is 0 Å². The molecule has 64 valence electrons. The van der Waals surface area contributed by atoms with Crippen molar-refractivity contribution in [2.45, 2.75) is 6.92 Å². The van der Waals surface area contributed by atoms with E-state index in [1.165, 1.54) is 19.2 Å². The smallest absolute Gasteiger partial charge is 0.545 e. The minimum Gasteiger partial charge on any atom is -0.545 e. The normalized spacial score (nSPS) is 8.77. The van der Waals surface area contributed by atoms with Crippen molar-refractivity contribution in [3.05, 3.63) is 23.4 Å². The van der Waals surface area contributed by atoms with Crippen LogP contribution < -0.4 is 39.4 Å². The van der Waals surface area contributed by atoms with E-state index < -0.39 is 5.97 Å². The van der Waals surface area contributed by atoms with E-state index in [0.717, 1.165) is 0 Å². The summed E-state index contributed by atoms with van der Waals surface area (Å²) in [7, 11) is 1.43. The molecule has 0 N–H and O–H groups in total. The van der Waals surface area contributed by atoms with Gasteiger partial charge in [0.25, 0.3) is 0 Å². The monoisotopic (exact) mass is 189 g/mol. The van der Waals surface area contributed by atoms with Crippen molar-refractivity contribution in [1.82, 2.24) is 4.98 Å². The average molecular weight is 189 g/mol. The van der Waals surface area contributed by atoms with Crippen LogP contribution in [0.5, 0.6) is 5.88 Å². The van der Waals surface area contributed by atoms with Crippen LogP contribution in [0.2, 0.25) is 0 Å². The first-order chi connectivity index (χ1) is 5.63. The minimum absolute atomic E-state index is 0. The molecular formula is C8H8NNaO3. The maximum Gasteiger partial charge on any atom is 1.00 e. The molecule has 0 unspecified atom stereocenters. The first-order valence-corrected chi connectivity index (χ1v) is 3.37. The van der Waals surface area contributed by atoms with Crippen molar-refractivity contribution >= 4 is 5.97 Å². The van der Waals surface area contributed by atoms with Crippen LogP contribution in [0.15, 0.2) is 12.1 Å². The van der Waals surface area contributed by atoms with Crippen molar-refractivity contribution in [2.75, 3.05) is 7.11 Å². The fourth-order valence-electron chi connectivity index (χ4n) is 0.861. The third-order valence-corrected chi connectivity index (χ3v) is 1.37. The third kappa shape index (κ3) is 3.34. The second-order valence-electron chi connectivity index (χ2n) is 2.33. The number of carbonyl (C=O) groups is 1. The Morgan fingerprint density at radius 2 is 2.15 bits per heavy atom. The molecule has 0 spiro atoms. The Kier molecular flexibility index (Phi) is 4.98. The van der Waals surface area contributed by atoms with Crippen LogP contribution in [-0.4, -0.2) is 18.1 Å². The third-order valence-electron chi connectivity index (χ3n) is 1.37. The number of hydrogen-bond donors (Lipinski definition) is 0. The fourth-order valence-corrected chi connectivity index (χ4v) is 0.861. The Balaban J connectivity index is 0.00000144. The summed E-state index contributed by atoms with van der Waals surface area (Å²) < 4.78 is 4.78. The molecule has 0 aromatic carbocycles. The summed E-state index contributed by atoms with van der Waals surface area (Å²) in [5, 5.41) is 10.4. The average Bonchev–Trinajstić information content (AvgIpc) is 2.03. The van der Waals surface area contributed by atoms with Crippen LogP contribution in [0, 0.1) is 6.92 Å². The molecule has 0 aliphatic carbocycles. The quantitative estimate of drug-likeness (QED) is 0.459. The summed E-state index contributed by atoms with van der Waals surface area (Å²) in [6.45, 7) is 1.69. The topological polar surface area (TPSA) is 62.2 Å². The van der Waals surface area contributed by atoms with Crippen molar-refractivity contribution in [3.63, 3.8) is 0 Å². The molecule has 0 amide bonds. The summed E-state index contributed by atoms with van der Waals surface area (Å²) in [6, 6.07) is 2.75. The molecular weight excluding hydrogens is 181 g/mol. The van der Waals surface area contributed by atoms with Crippen molar-refractivity contribution in [2.24, 2.45) is 0 Å². The van der Waals surface area contributed by atoms with Crippen LogP contribution >= 0.6 is 0 Å². The van der Waals surface area contributed by atoms with Gasteiger partial charge < -0.3 is 14.6 Å². The van der Waals surface area contributed by atoms with Crippen molar-refractivity contribution in [1.29, 1.82) is 0 Å². The number of nitrogens with zero attached hydrogens (tertiary/aromatic N) is 1. The molecule has 0 aliphatic rings. The first-order valence-electron chi connectivity index (χ1n) is 3.37. The minimum atomic E-state index is -1.22. The van der Waals surface area contributed by atoms with Gasteiger partial charge in [-0.05, 0) is 13.0 Å². The van der Waals surface area contributed by atoms with E-state index in [4.69, 9.17) is 4.74 Å². The van der Waals surface area contributed by atoms with E-state index in [1.807, 2.05) is 0 Å². The van der Waals surface area contributed by atoms with Gasteiger partial charge in [-0.1, -0.05) is 0 Å². The van der Waals surface area contributed by atoms with Gasteiger partial charge in [-0.3, -0.25) is 0 Å². The van der Waals surface area contributed by atoms with Crippen LogP contribution in [0.4, 0.5) is 0 Å². The number of ether oxygens (including phenoxy) is 1. The number of carbonyl (C=O) groups excluding carboxylic acids is 1. The van der Waals surface area contributed by atoms with Gasteiger partial charge in [0, 0.05) is 17.3 Å². The molecule has 13 heavy (non-hydrogen) atoms. The van der Waals surface area contributed by atoms with Crippen LogP contribution in [-0.2, 0) is 0 Å². The SMILES string of the molecule is COc1cc(C(=O)[O-])cc(C)n1.[Na+]. The van der Waals surface area contributed by atoms with Gasteiger partial charge in [-0.25, -0.2) is 4.98 Å². The standard InChI is InChI=1S/C8H9NO3.Na/c1-5-3-6(8(10)11)4-7(9-5)12-2;/h3-4H,1-2H3,(H,10,11);/q;+1/p-1. The van der Waals surface area contributed by atoms with E-state index in [2.05, 4.69) is 4.98 Å². The van der Waals surface area contributed by atoms with Gasteiger partial charge >= 0.3 is 29.6 Å². The van der Waals surface area contributed by atoms with Crippen LogP contribution in [0.3, 0.4) is 0 Å². The fraction of sp³-hybridized carbons (Fsp3) is 0.250. The predicted octanol–water partition coefficient (Wildman–Crippen LogP) is -3.23. The zero-order valence-electron chi connectivity index (χ0n) is 7.83. The second kappa shape index (κ2) is 5.21. The van der Waals surface area contributed by atoms with E-state index in [0.29, 0.717) is 5.69 Å². The summed E-state index contributed by atoms with van der Waals surface area (Å²) >= 11 is 0. The molecule has 0 bridgehead atoms. The van der Waals surface area contributed by atoms with E-state index in [-0.39, 0.29) is 41.0 Å². The van der Waals surface area contributed by atoms with Crippen LogP contribution in [0.1, 0.15) is 16.1 Å². The molecule has 1 aromatic heterocycles. The maximum absolute atomic E-state index is 10.4. The van der Waals surface area contributed by atoms with Gasteiger partial charge in [0.2, 0.25) is 5.88 Å². The number of carboxylic acid groups (broad SMARTS) is 1. The largest absolute Gasteiger partial charge is 1.00 e. The molecule has 0 radical (unpaired) electrons. The number of carboxylic acids is 1. The molecule has 0 saturated heterocycles.